The summed E-state index contributed by atoms with van der Waals surface area (Å²) in [6, 6.07) is 17.5. The van der Waals surface area contributed by atoms with E-state index in [-0.39, 0.29) is 5.91 Å². The second-order valence-electron chi connectivity index (χ2n) is 8.47. The monoisotopic (exact) mass is 485 g/mol. The van der Waals surface area contributed by atoms with E-state index < -0.39 is 0 Å². The minimum absolute atomic E-state index is 0.133. The second kappa shape index (κ2) is 10.8. The van der Waals surface area contributed by atoms with Crippen LogP contribution in [0.25, 0.3) is 11.3 Å². The van der Waals surface area contributed by atoms with Crippen molar-refractivity contribution in [3.05, 3.63) is 89.1 Å². The molecule has 4 aromatic rings. The van der Waals surface area contributed by atoms with Crippen molar-refractivity contribution in [3.8, 4) is 11.3 Å². The van der Waals surface area contributed by atoms with Gasteiger partial charge in [-0.2, -0.15) is 0 Å². The van der Waals surface area contributed by atoms with Crippen molar-refractivity contribution >= 4 is 33.8 Å². The molecule has 1 fully saturated rings. The number of amides is 1. The number of carbonyl (C=O) groups excluding carboxylic acids is 1. The molecule has 1 aliphatic heterocycles. The Morgan fingerprint density at radius 3 is 2.71 bits per heavy atom. The van der Waals surface area contributed by atoms with E-state index in [1.54, 1.807) is 12.4 Å². The Morgan fingerprint density at radius 2 is 1.94 bits per heavy atom. The average Bonchev–Trinajstić information content (AvgIpc) is 3.36. The van der Waals surface area contributed by atoms with E-state index in [1.165, 1.54) is 16.9 Å². The predicted octanol–water partition coefficient (Wildman–Crippen LogP) is 5.34. The minimum atomic E-state index is -0.133. The normalized spacial score (nSPS) is 14.0. The van der Waals surface area contributed by atoms with Gasteiger partial charge in [-0.25, -0.2) is 4.98 Å². The van der Waals surface area contributed by atoms with Gasteiger partial charge in [0.15, 0.2) is 5.13 Å². The minimum Gasteiger partial charge on any atom is -0.379 e. The van der Waals surface area contributed by atoms with Crippen LogP contribution in [-0.2, 0) is 11.3 Å². The maximum atomic E-state index is 12.9. The molecule has 0 unspecified atom stereocenters. The van der Waals surface area contributed by atoms with Crippen LogP contribution in [0.15, 0.2) is 72.4 Å². The van der Waals surface area contributed by atoms with Crippen molar-refractivity contribution in [3.63, 3.8) is 0 Å². The number of hydrogen-bond donors (Lipinski definition) is 2. The number of carbonyl (C=O) groups is 1. The van der Waals surface area contributed by atoms with Gasteiger partial charge >= 0.3 is 0 Å². The van der Waals surface area contributed by atoms with E-state index in [4.69, 9.17) is 4.74 Å². The molecule has 0 atom stereocenters. The van der Waals surface area contributed by atoms with E-state index in [0.29, 0.717) is 5.56 Å². The topological polar surface area (TPSA) is 79.4 Å². The van der Waals surface area contributed by atoms with Crippen LogP contribution in [-0.4, -0.2) is 47.1 Å². The van der Waals surface area contributed by atoms with Gasteiger partial charge in [-0.05, 0) is 54.4 Å². The number of ether oxygens (including phenoxy) is 1. The summed E-state index contributed by atoms with van der Waals surface area (Å²) in [5.41, 5.74) is 6.37. The van der Waals surface area contributed by atoms with Gasteiger partial charge in [0.25, 0.3) is 5.91 Å². The zero-order chi connectivity index (χ0) is 24.0. The summed E-state index contributed by atoms with van der Waals surface area (Å²) < 4.78 is 5.41. The van der Waals surface area contributed by atoms with Gasteiger partial charge in [0.05, 0.1) is 18.9 Å². The summed E-state index contributed by atoms with van der Waals surface area (Å²) in [4.78, 5) is 24.1. The number of morpholine rings is 1. The van der Waals surface area contributed by atoms with Crippen LogP contribution in [0.1, 0.15) is 21.5 Å². The summed E-state index contributed by atoms with van der Waals surface area (Å²) in [5, 5.41) is 9.18. The van der Waals surface area contributed by atoms with Crippen LogP contribution in [0.2, 0.25) is 0 Å². The lowest BCUT2D eigenvalue weighted by molar-refractivity contribution is 0.0342. The molecule has 3 heterocycles. The van der Waals surface area contributed by atoms with Crippen LogP contribution in [0, 0.1) is 6.92 Å². The molecule has 0 bridgehead atoms. The van der Waals surface area contributed by atoms with Crippen LogP contribution in [0.5, 0.6) is 0 Å². The molecule has 178 valence electrons. The molecule has 0 radical (unpaired) electrons. The Labute approximate surface area is 208 Å². The van der Waals surface area contributed by atoms with Gasteiger partial charge in [-0.3, -0.25) is 14.7 Å². The summed E-state index contributed by atoms with van der Waals surface area (Å²) in [6.45, 7) is 6.34. The molecule has 1 amide bonds. The fourth-order valence-corrected chi connectivity index (χ4v) is 4.64. The van der Waals surface area contributed by atoms with Crippen LogP contribution in [0.4, 0.5) is 16.5 Å². The summed E-state index contributed by atoms with van der Waals surface area (Å²) >= 11 is 1.53. The third kappa shape index (κ3) is 5.92. The van der Waals surface area contributed by atoms with Gasteiger partial charge < -0.3 is 15.4 Å². The first-order valence-electron chi connectivity index (χ1n) is 11.6. The molecule has 5 rings (SSSR count). The number of aryl methyl sites for hydroxylation is 1. The van der Waals surface area contributed by atoms with Gasteiger partial charge in [-0.15, -0.1) is 11.3 Å². The van der Waals surface area contributed by atoms with Gasteiger partial charge in [0.2, 0.25) is 0 Å². The van der Waals surface area contributed by atoms with Crippen molar-refractivity contribution in [1.82, 2.24) is 14.9 Å². The maximum Gasteiger partial charge on any atom is 0.255 e. The standard InChI is InChI=1S/C27H27N5O2S/c1-19-4-9-23(15-24(19)30-27-31-25(18-35-27)22-3-2-10-28-16-22)29-26(33)21-7-5-20(6-8-21)17-32-11-13-34-14-12-32/h2-10,15-16,18H,11-14,17H2,1H3,(H,29,33)(H,30,31). The highest BCUT2D eigenvalue weighted by Gasteiger charge is 2.12. The highest BCUT2D eigenvalue weighted by atomic mass is 32.1. The third-order valence-electron chi connectivity index (χ3n) is 5.92. The van der Waals surface area contributed by atoms with Crippen molar-refractivity contribution in [1.29, 1.82) is 0 Å². The van der Waals surface area contributed by atoms with Gasteiger partial charge in [-0.1, -0.05) is 18.2 Å². The fourth-order valence-electron chi connectivity index (χ4n) is 3.91. The lowest BCUT2D eigenvalue weighted by atomic mass is 10.1. The number of rotatable bonds is 7. The molecule has 0 spiro atoms. The number of anilines is 3. The molecular formula is C27H27N5O2S. The number of nitrogens with zero attached hydrogens (tertiary/aromatic N) is 3. The van der Waals surface area contributed by atoms with Gasteiger partial charge in [0, 0.05) is 59.9 Å². The highest BCUT2D eigenvalue weighted by Crippen LogP contribution is 2.29. The first kappa shape index (κ1) is 23.2. The smallest absolute Gasteiger partial charge is 0.255 e. The second-order valence-corrected chi connectivity index (χ2v) is 9.33. The summed E-state index contributed by atoms with van der Waals surface area (Å²) in [5.74, 6) is -0.133. The zero-order valence-electron chi connectivity index (χ0n) is 19.5. The van der Waals surface area contributed by atoms with Crippen molar-refractivity contribution in [2.24, 2.45) is 0 Å². The highest BCUT2D eigenvalue weighted by molar-refractivity contribution is 7.14. The molecule has 7 nitrogen and oxygen atoms in total. The van der Waals surface area contributed by atoms with Crippen molar-refractivity contribution in [2.45, 2.75) is 13.5 Å². The molecule has 0 aliphatic carbocycles. The average molecular weight is 486 g/mol. The van der Waals surface area contributed by atoms with E-state index >= 15 is 0 Å². The molecule has 1 aliphatic rings. The molecule has 35 heavy (non-hydrogen) atoms. The molecular weight excluding hydrogens is 458 g/mol. The number of aromatic nitrogens is 2. The van der Waals surface area contributed by atoms with E-state index in [9.17, 15) is 4.79 Å². The molecule has 2 aromatic heterocycles. The first-order valence-corrected chi connectivity index (χ1v) is 12.5. The van der Waals surface area contributed by atoms with Crippen molar-refractivity contribution in [2.75, 3.05) is 36.9 Å². The zero-order valence-corrected chi connectivity index (χ0v) is 20.3. The fraction of sp³-hybridized carbons (Fsp3) is 0.222. The number of thiazole rings is 1. The Balaban J connectivity index is 1.23. The van der Waals surface area contributed by atoms with E-state index in [0.717, 1.165) is 66.2 Å². The SMILES string of the molecule is Cc1ccc(NC(=O)c2ccc(CN3CCOCC3)cc2)cc1Nc1nc(-c2cccnc2)cs1. The summed E-state index contributed by atoms with van der Waals surface area (Å²) in [6.07, 6.45) is 3.55. The van der Waals surface area contributed by atoms with Crippen LogP contribution < -0.4 is 10.6 Å². The molecule has 2 aromatic carbocycles. The molecule has 2 N–H and O–H groups in total. The Morgan fingerprint density at radius 1 is 1.11 bits per heavy atom. The molecule has 0 saturated carbocycles. The number of hydrogen-bond acceptors (Lipinski definition) is 7. The third-order valence-corrected chi connectivity index (χ3v) is 6.68. The van der Waals surface area contributed by atoms with Crippen LogP contribution >= 0.6 is 11.3 Å². The Hall–Kier alpha value is -3.59. The number of benzene rings is 2. The van der Waals surface area contributed by atoms with E-state index in [1.807, 2.05) is 66.9 Å². The van der Waals surface area contributed by atoms with Crippen LogP contribution in [0.3, 0.4) is 0 Å². The lowest BCUT2D eigenvalue weighted by Crippen LogP contribution is -2.35. The van der Waals surface area contributed by atoms with Crippen molar-refractivity contribution < 1.29 is 9.53 Å². The Kier molecular flexibility index (Phi) is 7.13. The predicted molar refractivity (Wildman–Crippen MR) is 140 cm³/mol. The first-order chi connectivity index (χ1) is 17.1. The maximum absolute atomic E-state index is 12.9. The molecule has 1 saturated heterocycles. The number of nitrogens with one attached hydrogen (secondary N) is 2. The summed E-state index contributed by atoms with van der Waals surface area (Å²) in [7, 11) is 0. The largest absolute Gasteiger partial charge is 0.379 e. The quantitative estimate of drug-likeness (QED) is 0.368. The van der Waals surface area contributed by atoms with E-state index in [2.05, 4.69) is 25.5 Å². The lowest BCUT2D eigenvalue weighted by Gasteiger charge is -2.26. The van der Waals surface area contributed by atoms with Gasteiger partial charge in [0.1, 0.15) is 0 Å². The molecule has 8 heteroatoms. The number of pyridine rings is 1. The Bertz CT molecular complexity index is 1280.